The van der Waals surface area contributed by atoms with Crippen LogP contribution < -0.4 is 4.90 Å². The summed E-state index contributed by atoms with van der Waals surface area (Å²) < 4.78 is 7.55. The maximum absolute atomic E-state index is 2.50. The maximum Gasteiger partial charge on any atom is 0.0783 e. The third kappa shape index (κ3) is 3.11. The lowest BCUT2D eigenvalue weighted by Gasteiger charge is -2.33. The summed E-state index contributed by atoms with van der Waals surface area (Å²) in [4.78, 5) is 2.46. The highest BCUT2D eigenvalue weighted by Gasteiger charge is 2.29. The molecule has 11 rings (SSSR count). The zero-order valence-corrected chi connectivity index (χ0v) is 25.5. The highest BCUT2D eigenvalue weighted by Crippen LogP contribution is 2.51. The molecular weight excluding hydrogens is 579 g/mol. The minimum absolute atomic E-state index is 1.16. The van der Waals surface area contributed by atoms with E-state index in [4.69, 9.17) is 0 Å². The number of hydrogen-bond donors (Lipinski definition) is 0. The molecule has 0 spiro atoms. The van der Waals surface area contributed by atoms with Gasteiger partial charge >= 0.3 is 0 Å². The van der Waals surface area contributed by atoms with Gasteiger partial charge in [-0.15, -0.1) is 11.3 Å². The van der Waals surface area contributed by atoms with Crippen LogP contribution in [0.1, 0.15) is 0 Å². The summed E-state index contributed by atoms with van der Waals surface area (Å²) in [6.07, 6.45) is 0. The van der Waals surface area contributed by atoms with Crippen molar-refractivity contribution in [3.05, 3.63) is 152 Å². The second kappa shape index (κ2) is 8.87. The first kappa shape index (κ1) is 24.5. The Kier molecular flexibility index (Phi) is 4.72. The molecule has 4 heterocycles. The van der Waals surface area contributed by atoms with Crippen LogP contribution in [0.2, 0.25) is 0 Å². The quantitative estimate of drug-likeness (QED) is 0.192. The van der Waals surface area contributed by atoms with Gasteiger partial charge in [-0.3, -0.25) is 0 Å². The predicted octanol–water partition coefficient (Wildman–Crippen LogP) is 12.0. The van der Waals surface area contributed by atoms with Crippen molar-refractivity contribution >= 4 is 92.2 Å². The number of benzene rings is 7. The van der Waals surface area contributed by atoms with Gasteiger partial charge in [0, 0.05) is 53.1 Å². The standard InChI is InChI=1S/C42H25N3S/c1-2-11-26(12-3-1)43-34-16-6-4-13-28(34)31-23-27(21-22-35(31)43)44-36-17-7-8-18-37(36)45-39-24-33-29-14-5-9-20-40(29)46-41(33)25-32(39)30-15-10-19-38(44)42(30)45/h1-25H. The second-order valence-electron chi connectivity index (χ2n) is 12.2. The molecule has 3 nitrogen and oxygen atoms in total. The summed E-state index contributed by atoms with van der Waals surface area (Å²) in [6.45, 7) is 0. The highest BCUT2D eigenvalue weighted by molar-refractivity contribution is 7.25. The van der Waals surface area contributed by atoms with Crippen molar-refractivity contribution in [3.8, 4) is 11.4 Å². The second-order valence-corrected chi connectivity index (χ2v) is 13.3. The zero-order chi connectivity index (χ0) is 29.9. The molecule has 1 aliphatic rings. The summed E-state index contributed by atoms with van der Waals surface area (Å²) in [5, 5.41) is 7.75. The van der Waals surface area contributed by atoms with Crippen molar-refractivity contribution in [1.82, 2.24) is 9.13 Å². The van der Waals surface area contributed by atoms with Gasteiger partial charge in [0.05, 0.1) is 39.1 Å². The molecule has 214 valence electrons. The Morgan fingerprint density at radius 3 is 1.96 bits per heavy atom. The Bertz CT molecular complexity index is 2870. The Morgan fingerprint density at radius 1 is 0.348 bits per heavy atom. The van der Waals surface area contributed by atoms with Gasteiger partial charge in [0.1, 0.15) is 0 Å². The molecule has 46 heavy (non-hydrogen) atoms. The molecule has 1 aliphatic heterocycles. The van der Waals surface area contributed by atoms with E-state index in [1.54, 1.807) is 0 Å². The van der Waals surface area contributed by atoms with Crippen LogP contribution in [0.5, 0.6) is 0 Å². The fourth-order valence-corrected chi connectivity index (χ4v) is 9.03. The largest absolute Gasteiger partial charge is 0.309 e. The van der Waals surface area contributed by atoms with Gasteiger partial charge in [-0.05, 0) is 72.8 Å². The minimum atomic E-state index is 1.16. The SMILES string of the molecule is c1ccc(-n2c3ccccc3c3cc(N4c5ccccc5-n5c6cc7c(cc6c6cccc4c65)sc4ccccc47)ccc32)cc1. The summed E-state index contributed by atoms with van der Waals surface area (Å²) in [5.74, 6) is 0. The molecule has 0 bridgehead atoms. The maximum atomic E-state index is 2.50. The lowest BCUT2D eigenvalue weighted by Crippen LogP contribution is -2.18. The van der Waals surface area contributed by atoms with Gasteiger partial charge in [0.2, 0.25) is 0 Å². The monoisotopic (exact) mass is 603 g/mol. The number of fused-ring (bicyclic) bond motifs is 11. The molecule has 0 amide bonds. The van der Waals surface area contributed by atoms with Crippen molar-refractivity contribution < 1.29 is 0 Å². The molecule has 7 aromatic carbocycles. The smallest absolute Gasteiger partial charge is 0.0783 e. The van der Waals surface area contributed by atoms with E-state index < -0.39 is 0 Å². The Labute approximate surface area is 268 Å². The van der Waals surface area contributed by atoms with Crippen LogP contribution in [-0.4, -0.2) is 9.13 Å². The van der Waals surface area contributed by atoms with E-state index in [9.17, 15) is 0 Å². The first-order chi connectivity index (χ1) is 22.8. The molecule has 10 aromatic rings. The van der Waals surface area contributed by atoms with Crippen molar-refractivity contribution in [2.24, 2.45) is 0 Å². The number of thiophene rings is 1. The van der Waals surface area contributed by atoms with Crippen molar-refractivity contribution in [2.75, 3.05) is 4.90 Å². The Morgan fingerprint density at radius 2 is 1.04 bits per heavy atom. The Balaban J connectivity index is 1.21. The molecule has 0 unspecified atom stereocenters. The molecule has 0 atom stereocenters. The molecule has 0 fully saturated rings. The van der Waals surface area contributed by atoms with E-state index in [0.717, 1.165) is 5.69 Å². The predicted molar refractivity (Wildman–Crippen MR) is 196 cm³/mol. The summed E-state index contributed by atoms with van der Waals surface area (Å²) in [5.41, 5.74) is 10.9. The molecule has 0 radical (unpaired) electrons. The number of rotatable bonds is 2. The lowest BCUT2D eigenvalue weighted by molar-refractivity contribution is 1.11. The van der Waals surface area contributed by atoms with E-state index in [-0.39, 0.29) is 0 Å². The van der Waals surface area contributed by atoms with Crippen LogP contribution in [-0.2, 0) is 0 Å². The van der Waals surface area contributed by atoms with Crippen molar-refractivity contribution in [1.29, 1.82) is 0 Å². The summed E-state index contributed by atoms with van der Waals surface area (Å²) in [6, 6.07) is 55.7. The first-order valence-electron chi connectivity index (χ1n) is 15.7. The van der Waals surface area contributed by atoms with Gasteiger partial charge in [-0.25, -0.2) is 0 Å². The number of aromatic nitrogens is 2. The molecule has 3 aromatic heterocycles. The number of nitrogens with zero attached hydrogens (tertiary/aromatic N) is 3. The van der Waals surface area contributed by atoms with Crippen LogP contribution in [0.25, 0.3) is 75.2 Å². The average molecular weight is 604 g/mol. The number of hydrogen-bond acceptors (Lipinski definition) is 2. The molecular formula is C42H25N3S. The number of anilines is 3. The van der Waals surface area contributed by atoms with Gasteiger partial charge in [-0.1, -0.05) is 78.9 Å². The summed E-state index contributed by atoms with van der Waals surface area (Å²) in [7, 11) is 0. The minimum Gasteiger partial charge on any atom is -0.309 e. The fourth-order valence-electron chi connectivity index (χ4n) is 7.90. The number of para-hydroxylation sites is 5. The van der Waals surface area contributed by atoms with Crippen LogP contribution >= 0.6 is 11.3 Å². The normalized spacial score (nSPS) is 12.7. The highest BCUT2D eigenvalue weighted by atomic mass is 32.1. The van der Waals surface area contributed by atoms with E-state index in [1.165, 1.54) is 86.5 Å². The van der Waals surface area contributed by atoms with Crippen LogP contribution in [0.4, 0.5) is 17.1 Å². The third-order valence-corrected chi connectivity index (χ3v) is 10.9. The molecule has 4 heteroatoms. The van der Waals surface area contributed by atoms with Crippen LogP contribution in [0, 0.1) is 0 Å². The van der Waals surface area contributed by atoms with Crippen molar-refractivity contribution in [3.63, 3.8) is 0 Å². The van der Waals surface area contributed by atoms with Crippen LogP contribution in [0.3, 0.4) is 0 Å². The third-order valence-electron chi connectivity index (χ3n) is 9.80. The van der Waals surface area contributed by atoms with E-state index >= 15 is 0 Å². The zero-order valence-electron chi connectivity index (χ0n) is 24.7. The lowest BCUT2D eigenvalue weighted by atomic mass is 10.1. The molecule has 0 N–H and O–H groups in total. The van der Waals surface area contributed by atoms with Crippen molar-refractivity contribution in [2.45, 2.75) is 0 Å². The van der Waals surface area contributed by atoms with E-state index in [0.29, 0.717) is 0 Å². The molecule has 0 aliphatic carbocycles. The molecule has 0 saturated heterocycles. The van der Waals surface area contributed by atoms with Gasteiger partial charge in [-0.2, -0.15) is 0 Å². The van der Waals surface area contributed by atoms with Gasteiger partial charge in [0.25, 0.3) is 0 Å². The first-order valence-corrected chi connectivity index (χ1v) is 16.5. The topological polar surface area (TPSA) is 13.1 Å². The van der Waals surface area contributed by atoms with Gasteiger partial charge in [0.15, 0.2) is 0 Å². The Hall–Kier alpha value is -5.84. The fraction of sp³-hybridized carbons (Fsp3) is 0. The van der Waals surface area contributed by atoms with E-state index in [2.05, 4.69) is 166 Å². The average Bonchev–Trinajstić information content (AvgIpc) is 3.76. The van der Waals surface area contributed by atoms with Gasteiger partial charge < -0.3 is 14.0 Å². The van der Waals surface area contributed by atoms with E-state index in [1.807, 2.05) is 11.3 Å². The summed E-state index contributed by atoms with van der Waals surface area (Å²) >= 11 is 1.89. The molecule has 0 saturated carbocycles. The van der Waals surface area contributed by atoms with Crippen LogP contribution in [0.15, 0.2) is 152 Å².